The third-order valence-electron chi connectivity index (χ3n) is 4.41. The second kappa shape index (κ2) is 4.98. The lowest BCUT2D eigenvalue weighted by molar-refractivity contribution is 0.330. The highest BCUT2D eigenvalue weighted by Gasteiger charge is 2.24. The number of aromatic amines is 1. The third kappa shape index (κ3) is 2.04. The van der Waals surface area contributed by atoms with Gasteiger partial charge in [0.15, 0.2) is 11.5 Å². The fourth-order valence-electron chi connectivity index (χ4n) is 3.13. The van der Waals surface area contributed by atoms with Gasteiger partial charge in [0.25, 0.3) is 0 Å². The van der Waals surface area contributed by atoms with Crippen LogP contribution in [0.1, 0.15) is 5.56 Å². The minimum Gasteiger partial charge on any atom is -0.504 e. The largest absolute Gasteiger partial charge is 0.504 e. The SMILES string of the molecule is Cc1ccc2[nH]c3cc(-c4c(O)c(O)c(O)c(O)c4O)ccc3c2c1. The highest BCUT2D eigenvalue weighted by atomic mass is 16.4. The molecule has 1 aromatic heterocycles. The molecular weight excluding hydrogens is 322 g/mol. The van der Waals surface area contributed by atoms with E-state index in [1.807, 2.05) is 25.1 Å². The normalized spacial score (nSPS) is 11.4. The Morgan fingerprint density at radius 2 is 1.28 bits per heavy atom. The smallest absolute Gasteiger partial charge is 0.208 e. The Kier molecular flexibility index (Phi) is 2.99. The van der Waals surface area contributed by atoms with Crippen LogP contribution < -0.4 is 0 Å². The van der Waals surface area contributed by atoms with E-state index in [4.69, 9.17) is 0 Å². The van der Waals surface area contributed by atoms with Crippen LogP contribution in [0.25, 0.3) is 32.9 Å². The first kappa shape index (κ1) is 15.0. The molecule has 6 heteroatoms. The first-order chi connectivity index (χ1) is 11.9. The van der Waals surface area contributed by atoms with Crippen molar-refractivity contribution >= 4 is 21.8 Å². The van der Waals surface area contributed by atoms with E-state index >= 15 is 0 Å². The zero-order valence-corrected chi connectivity index (χ0v) is 13.2. The van der Waals surface area contributed by atoms with Gasteiger partial charge in [-0.25, -0.2) is 0 Å². The first-order valence-electron chi connectivity index (χ1n) is 7.59. The molecule has 0 amide bonds. The molecule has 0 saturated carbocycles. The predicted molar refractivity (Wildman–Crippen MR) is 94.3 cm³/mol. The lowest BCUT2D eigenvalue weighted by Gasteiger charge is -2.12. The van der Waals surface area contributed by atoms with Gasteiger partial charge in [0.1, 0.15) is 0 Å². The van der Waals surface area contributed by atoms with Crippen molar-refractivity contribution in [3.8, 4) is 39.9 Å². The zero-order valence-electron chi connectivity index (χ0n) is 13.2. The van der Waals surface area contributed by atoms with Crippen LogP contribution in [0.4, 0.5) is 0 Å². The molecule has 0 unspecified atom stereocenters. The molecular formula is C19H15NO5. The number of fused-ring (bicyclic) bond motifs is 3. The number of hydrogen-bond donors (Lipinski definition) is 6. The van der Waals surface area contributed by atoms with Crippen molar-refractivity contribution in [2.24, 2.45) is 0 Å². The Morgan fingerprint density at radius 1 is 0.640 bits per heavy atom. The molecule has 25 heavy (non-hydrogen) atoms. The van der Waals surface area contributed by atoms with Crippen molar-refractivity contribution in [2.75, 3.05) is 0 Å². The highest BCUT2D eigenvalue weighted by molar-refractivity contribution is 6.08. The fraction of sp³-hybridized carbons (Fsp3) is 0.0526. The minimum atomic E-state index is -0.971. The number of phenols is 5. The van der Waals surface area contributed by atoms with Gasteiger partial charge in [-0.3, -0.25) is 0 Å². The van der Waals surface area contributed by atoms with E-state index < -0.39 is 28.7 Å². The Bertz CT molecular complexity index is 1130. The van der Waals surface area contributed by atoms with E-state index in [1.165, 1.54) is 0 Å². The van der Waals surface area contributed by atoms with E-state index in [1.54, 1.807) is 12.1 Å². The molecule has 6 nitrogen and oxygen atoms in total. The van der Waals surface area contributed by atoms with Gasteiger partial charge >= 0.3 is 0 Å². The van der Waals surface area contributed by atoms with Gasteiger partial charge in [0.05, 0.1) is 5.56 Å². The van der Waals surface area contributed by atoms with Gasteiger partial charge in [-0.2, -0.15) is 0 Å². The summed E-state index contributed by atoms with van der Waals surface area (Å²) in [5.74, 6) is -4.17. The molecule has 1 heterocycles. The van der Waals surface area contributed by atoms with E-state index in [0.717, 1.165) is 27.4 Å². The standard InChI is InChI=1S/C19H15NO5/c1-8-2-5-12-11(6-8)10-4-3-9(7-13(10)20-12)14-15(21)17(23)19(25)18(24)16(14)22/h2-7,20-25H,1H3. The van der Waals surface area contributed by atoms with Gasteiger partial charge in [0.2, 0.25) is 17.2 Å². The maximum absolute atomic E-state index is 10.1. The maximum atomic E-state index is 10.1. The summed E-state index contributed by atoms with van der Waals surface area (Å²) in [6.45, 7) is 2.00. The third-order valence-corrected chi connectivity index (χ3v) is 4.41. The summed E-state index contributed by atoms with van der Waals surface area (Å²) in [7, 11) is 0. The summed E-state index contributed by atoms with van der Waals surface area (Å²) in [6, 6.07) is 11.2. The average Bonchev–Trinajstić information content (AvgIpc) is 2.95. The lowest BCUT2D eigenvalue weighted by atomic mass is 10.00. The number of H-pyrrole nitrogens is 1. The summed E-state index contributed by atoms with van der Waals surface area (Å²) < 4.78 is 0. The molecule has 6 N–H and O–H groups in total. The van der Waals surface area contributed by atoms with Crippen molar-refractivity contribution in [2.45, 2.75) is 6.92 Å². The second-order valence-corrected chi connectivity index (χ2v) is 6.05. The maximum Gasteiger partial charge on any atom is 0.208 e. The summed E-state index contributed by atoms with van der Waals surface area (Å²) >= 11 is 0. The summed E-state index contributed by atoms with van der Waals surface area (Å²) in [6.07, 6.45) is 0. The Morgan fingerprint density at radius 3 is 1.96 bits per heavy atom. The molecule has 3 aromatic carbocycles. The van der Waals surface area contributed by atoms with Crippen molar-refractivity contribution in [1.29, 1.82) is 0 Å². The molecule has 0 saturated heterocycles. The van der Waals surface area contributed by atoms with Crippen molar-refractivity contribution < 1.29 is 25.5 Å². The van der Waals surface area contributed by atoms with Gasteiger partial charge in [-0.1, -0.05) is 23.8 Å². The van der Waals surface area contributed by atoms with E-state index in [0.29, 0.717) is 5.56 Å². The topological polar surface area (TPSA) is 117 Å². The van der Waals surface area contributed by atoms with Crippen molar-refractivity contribution in [3.63, 3.8) is 0 Å². The van der Waals surface area contributed by atoms with Crippen LogP contribution in [-0.2, 0) is 0 Å². The van der Waals surface area contributed by atoms with Crippen molar-refractivity contribution in [3.05, 3.63) is 42.0 Å². The van der Waals surface area contributed by atoms with Gasteiger partial charge < -0.3 is 30.5 Å². The summed E-state index contributed by atoms with van der Waals surface area (Å²) in [5.41, 5.74) is 3.05. The van der Waals surface area contributed by atoms with Crippen LogP contribution in [0.2, 0.25) is 0 Å². The lowest BCUT2D eigenvalue weighted by Crippen LogP contribution is -1.84. The van der Waals surface area contributed by atoms with Crippen LogP contribution in [-0.4, -0.2) is 30.5 Å². The molecule has 0 radical (unpaired) electrons. The first-order valence-corrected chi connectivity index (χ1v) is 7.59. The number of hydrogen-bond acceptors (Lipinski definition) is 5. The average molecular weight is 337 g/mol. The van der Waals surface area contributed by atoms with Crippen LogP contribution in [0.15, 0.2) is 36.4 Å². The molecule has 4 aromatic rings. The minimum absolute atomic E-state index is 0.162. The fourth-order valence-corrected chi connectivity index (χ4v) is 3.13. The molecule has 0 aliphatic rings. The number of benzene rings is 3. The number of phenolic OH excluding ortho intramolecular Hbond substituents is 5. The van der Waals surface area contributed by atoms with Crippen LogP contribution in [0, 0.1) is 6.92 Å². The molecule has 0 aliphatic heterocycles. The summed E-state index contributed by atoms with van der Waals surface area (Å²) in [4.78, 5) is 3.26. The quantitative estimate of drug-likeness (QED) is 0.233. The van der Waals surface area contributed by atoms with Crippen LogP contribution >= 0.6 is 0 Å². The molecule has 4 rings (SSSR count). The second-order valence-electron chi connectivity index (χ2n) is 6.05. The summed E-state index contributed by atoms with van der Waals surface area (Å²) in [5, 5.41) is 51.2. The van der Waals surface area contributed by atoms with E-state index in [-0.39, 0.29) is 5.56 Å². The zero-order chi connectivity index (χ0) is 17.9. The van der Waals surface area contributed by atoms with Gasteiger partial charge in [0, 0.05) is 21.8 Å². The van der Waals surface area contributed by atoms with Crippen molar-refractivity contribution in [1.82, 2.24) is 4.98 Å². The van der Waals surface area contributed by atoms with E-state index in [9.17, 15) is 25.5 Å². The van der Waals surface area contributed by atoms with Crippen LogP contribution in [0.5, 0.6) is 28.7 Å². The predicted octanol–water partition coefficient (Wildman–Crippen LogP) is 3.82. The molecule has 0 atom stereocenters. The molecule has 0 spiro atoms. The molecule has 126 valence electrons. The number of aromatic hydroxyl groups is 5. The van der Waals surface area contributed by atoms with Gasteiger partial charge in [-0.15, -0.1) is 0 Å². The van der Waals surface area contributed by atoms with E-state index in [2.05, 4.69) is 11.1 Å². The monoisotopic (exact) mass is 337 g/mol. The number of rotatable bonds is 1. The number of nitrogens with one attached hydrogen (secondary N) is 1. The molecule has 0 aliphatic carbocycles. The Labute approximate surface area is 141 Å². The Hall–Kier alpha value is -3.54. The molecule has 0 fully saturated rings. The van der Waals surface area contributed by atoms with Gasteiger partial charge in [-0.05, 0) is 30.7 Å². The Balaban J connectivity index is 2.02. The van der Waals surface area contributed by atoms with Crippen LogP contribution in [0.3, 0.4) is 0 Å². The number of aryl methyl sites for hydroxylation is 1. The molecule has 0 bridgehead atoms. The highest BCUT2D eigenvalue weighted by Crippen LogP contribution is 2.54. The number of aromatic nitrogens is 1.